The number of carbonyl (C=O) groups is 2. The highest BCUT2D eigenvalue weighted by Gasteiger charge is 2.33. The van der Waals surface area contributed by atoms with Crippen LogP contribution in [0.3, 0.4) is 0 Å². The zero-order chi connectivity index (χ0) is 27.7. The zero-order valence-corrected chi connectivity index (χ0v) is 23.1. The molecule has 0 bridgehead atoms. The lowest BCUT2D eigenvalue weighted by atomic mass is 10.1. The molecule has 0 aliphatic heterocycles. The van der Waals surface area contributed by atoms with Crippen LogP contribution in [0.1, 0.15) is 31.4 Å². The van der Waals surface area contributed by atoms with Crippen molar-refractivity contribution in [3.05, 3.63) is 90.0 Å². The van der Waals surface area contributed by atoms with E-state index in [0.717, 1.165) is 15.4 Å². The molecule has 0 saturated heterocycles. The normalized spacial score (nSPS) is 11.9. The molecule has 0 fully saturated rings. The molecule has 0 aliphatic rings. The Balaban J connectivity index is 2.03. The molecule has 8 nitrogen and oxygen atoms in total. The summed E-state index contributed by atoms with van der Waals surface area (Å²) in [6.45, 7) is 5.76. The number of para-hydroxylation sites is 1. The average molecular weight is 538 g/mol. The fraction of sp³-hybridized carbons (Fsp3) is 0.310. The van der Waals surface area contributed by atoms with Crippen molar-refractivity contribution in [1.82, 2.24) is 10.2 Å². The van der Waals surface area contributed by atoms with E-state index < -0.39 is 28.5 Å². The first-order valence-electron chi connectivity index (χ1n) is 12.6. The molecule has 0 spiro atoms. The molecule has 9 heteroatoms. The number of carbonyl (C=O) groups excluding carboxylic acids is 2. The van der Waals surface area contributed by atoms with Crippen molar-refractivity contribution < 1.29 is 22.7 Å². The van der Waals surface area contributed by atoms with Gasteiger partial charge < -0.3 is 15.0 Å². The number of anilines is 1. The third-order valence-electron chi connectivity index (χ3n) is 6.28. The first kappa shape index (κ1) is 28.7. The number of hydrogen-bond donors (Lipinski definition) is 1. The van der Waals surface area contributed by atoms with Crippen molar-refractivity contribution in [2.75, 3.05) is 24.5 Å². The number of ether oxygens (including phenoxy) is 1. The molecule has 0 aromatic heterocycles. The minimum Gasteiger partial charge on any atom is -0.494 e. The van der Waals surface area contributed by atoms with Crippen LogP contribution in [0.2, 0.25) is 0 Å². The van der Waals surface area contributed by atoms with Crippen molar-refractivity contribution >= 4 is 27.5 Å². The van der Waals surface area contributed by atoms with Crippen molar-refractivity contribution in [3.63, 3.8) is 0 Å². The van der Waals surface area contributed by atoms with E-state index in [0.29, 0.717) is 24.5 Å². The van der Waals surface area contributed by atoms with E-state index in [1.165, 1.54) is 24.1 Å². The van der Waals surface area contributed by atoms with Crippen LogP contribution in [0.15, 0.2) is 83.8 Å². The van der Waals surface area contributed by atoms with Crippen LogP contribution in [0.5, 0.6) is 5.75 Å². The molecule has 3 aromatic carbocycles. The molecule has 0 aliphatic carbocycles. The predicted octanol–water partition coefficient (Wildman–Crippen LogP) is 4.14. The Morgan fingerprint density at radius 3 is 2.13 bits per heavy atom. The van der Waals surface area contributed by atoms with Crippen LogP contribution in [-0.4, -0.2) is 51.4 Å². The number of aryl methyl sites for hydroxylation is 1. The van der Waals surface area contributed by atoms with E-state index >= 15 is 0 Å². The fourth-order valence-corrected chi connectivity index (χ4v) is 5.60. The van der Waals surface area contributed by atoms with Crippen LogP contribution in [0, 0.1) is 6.92 Å². The maximum absolute atomic E-state index is 13.9. The van der Waals surface area contributed by atoms with Crippen LogP contribution >= 0.6 is 0 Å². The lowest BCUT2D eigenvalue weighted by Gasteiger charge is -2.33. The summed E-state index contributed by atoms with van der Waals surface area (Å²) in [5.74, 6) is -0.244. The molecule has 3 rings (SSSR count). The zero-order valence-electron chi connectivity index (χ0n) is 22.3. The summed E-state index contributed by atoms with van der Waals surface area (Å²) in [6, 6.07) is 21.4. The molecular weight excluding hydrogens is 502 g/mol. The predicted molar refractivity (Wildman–Crippen MR) is 148 cm³/mol. The fourth-order valence-electron chi connectivity index (χ4n) is 4.18. The van der Waals surface area contributed by atoms with E-state index in [1.54, 1.807) is 42.5 Å². The third-order valence-corrected chi connectivity index (χ3v) is 8.07. The Labute approximate surface area is 225 Å². The lowest BCUT2D eigenvalue weighted by Crippen LogP contribution is -2.51. The Bertz CT molecular complexity index is 1330. The first-order valence-corrected chi connectivity index (χ1v) is 14.0. The highest BCUT2D eigenvalue weighted by Crippen LogP contribution is 2.26. The topological polar surface area (TPSA) is 96.0 Å². The SMILES string of the molecule is CCOc1ccc(S(=O)(=O)N(CC(=O)N(Cc2ccccc2C)[C@H](CC)C(=O)NC)c2ccccc2)cc1. The molecule has 2 amide bonds. The van der Waals surface area contributed by atoms with E-state index in [-0.39, 0.29) is 17.3 Å². The van der Waals surface area contributed by atoms with Gasteiger partial charge in [0.2, 0.25) is 11.8 Å². The minimum absolute atomic E-state index is 0.0291. The number of nitrogens with zero attached hydrogens (tertiary/aromatic N) is 2. The molecular formula is C29H35N3O5S. The second-order valence-electron chi connectivity index (χ2n) is 8.74. The van der Waals surface area contributed by atoms with Crippen LogP contribution < -0.4 is 14.4 Å². The van der Waals surface area contributed by atoms with E-state index in [4.69, 9.17) is 4.74 Å². The second-order valence-corrected chi connectivity index (χ2v) is 10.6. The summed E-state index contributed by atoms with van der Waals surface area (Å²) in [6.07, 6.45) is 0.369. The van der Waals surface area contributed by atoms with Crippen molar-refractivity contribution in [1.29, 1.82) is 0 Å². The van der Waals surface area contributed by atoms with Gasteiger partial charge in [-0.15, -0.1) is 0 Å². The Morgan fingerprint density at radius 2 is 1.55 bits per heavy atom. The van der Waals surface area contributed by atoms with Gasteiger partial charge in [-0.3, -0.25) is 13.9 Å². The standard InChI is InChI=1S/C29H35N3O5S/c1-5-27(29(34)30-4)31(20-23-13-11-10-12-22(23)3)28(33)21-32(24-14-8-7-9-15-24)38(35,36)26-18-16-25(17-19-26)37-6-2/h7-19,27H,5-6,20-21H2,1-4H3,(H,30,34)/t27-/m1/s1. The van der Waals surface area contributed by atoms with Crippen LogP contribution in [0.4, 0.5) is 5.69 Å². The number of rotatable bonds is 12. The molecule has 0 heterocycles. The summed E-state index contributed by atoms with van der Waals surface area (Å²) in [4.78, 5) is 28.2. The average Bonchev–Trinajstić information content (AvgIpc) is 2.93. The quantitative estimate of drug-likeness (QED) is 0.375. The van der Waals surface area contributed by atoms with Gasteiger partial charge in [0.05, 0.1) is 17.2 Å². The van der Waals surface area contributed by atoms with Gasteiger partial charge in [-0.2, -0.15) is 0 Å². The number of benzene rings is 3. The van der Waals surface area contributed by atoms with E-state index in [1.807, 2.05) is 45.0 Å². The third kappa shape index (κ3) is 6.72. The Hall–Kier alpha value is -3.85. The molecule has 0 unspecified atom stereocenters. The summed E-state index contributed by atoms with van der Waals surface area (Å²) in [7, 11) is -2.60. The Kier molecular flexibility index (Phi) is 9.90. The van der Waals surface area contributed by atoms with Gasteiger partial charge in [0, 0.05) is 13.6 Å². The van der Waals surface area contributed by atoms with Gasteiger partial charge >= 0.3 is 0 Å². The van der Waals surface area contributed by atoms with Gasteiger partial charge in [0.15, 0.2) is 0 Å². The number of hydrogen-bond acceptors (Lipinski definition) is 5. The van der Waals surface area contributed by atoms with Crippen LogP contribution in [0.25, 0.3) is 0 Å². The first-order chi connectivity index (χ1) is 18.2. The largest absolute Gasteiger partial charge is 0.494 e. The summed E-state index contributed by atoms with van der Waals surface area (Å²) in [5.41, 5.74) is 2.20. The highest BCUT2D eigenvalue weighted by molar-refractivity contribution is 7.92. The summed E-state index contributed by atoms with van der Waals surface area (Å²) >= 11 is 0. The number of nitrogens with one attached hydrogen (secondary N) is 1. The maximum atomic E-state index is 13.9. The molecule has 0 saturated carbocycles. The molecule has 1 N–H and O–H groups in total. The minimum atomic E-state index is -4.12. The van der Waals surface area contributed by atoms with E-state index in [2.05, 4.69) is 5.32 Å². The number of likely N-dealkylation sites (N-methyl/N-ethyl adjacent to an activating group) is 1. The van der Waals surface area contributed by atoms with Crippen molar-refractivity contribution in [2.45, 2.75) is 44.7 Å². The summed E-state index contributed by atoms with van der Waals surface area (Å²) < 4.78 is 34.2. The van der Waals surface area contributed by atoms with Gasteiger partial charge in [-0.1, -0.05) is 49.4 Å². The lowest BCUT2D eigenvalue weighted by molar-refractivity contribution is -0.140. The molecule has 1 atom stereocenters. The molecule has 38 heavy (non-hydrogen) atoms. The Morgan fingerprint density at radius 1 is 0.921 bits per heavy atom. The smallest absolute Gasteiger partial charge is 0.264 e. The summed E-state index contributed by atoms with van der Waals surface area (Å²) in [5, 5.41) is 2.63. The van der Waals surface area contributed by atoms with Gasteiger partial charge in [0.25, 0.3) is 10.0 Å². The maximum Gasteiger partial charge on any atom is 0.264 e. The number of sulfonamides is 1. The van der Waals surface area contributed by atoms with Crippen molar-refractivity contribution in [3.8, 4) is 5.75 Å². The van der Waals surface area contributed by atoms with Gasteiger partial charge in [-0.05, 0) is 67.8 Å². The highest BCUT2D eigenvalue weighted by atomic mass is 32.2. The molecule has 202 valence electrons. The van der Waals surface area contributed by atoms with Gasteiger partial charge in [0.1, 0.15) is 18.3 Å². The molecule has 3 aromatic rings. The van der Waals surface area contributed by atoms with E-state index in [9.17, 15) is 18.0 Å². The second kappa shape index (κ2) is 13.1. The van der Waals surface area contributed by atoms with Crippen molar-refractivity contribution in [2.24, 2.45) is 0 Å². The van der Waals surface area contributed by atoms with Gasteiger partial charge in [-0.25, -0.2) is 8.42 Å². The van der Waals surface area contributed by atoms with Crippen LogP contribution in [-0.2, 0) is 26.2 Å². The number of amides is 2. The monoisotopic (exact) mass is 537 g/mol. The molecule has 0 radical (unpaired) electrons.